The van der Waals surface area contributed by atoms with Crippen LogP contribution in [0.2, 0.25) is 0 Å². The molecule has 4 aromatic rings. The molecular formula is C19H16N4OS. The van der Waals surface area contributed by atoms with Crippen molar-refractivity contribution in [3.05, 3.63) is 62.5 Å². The maximum absolute atomic E-state index is 13.0. The predicted octanol–water partition coefficient (Wildman–Crippen LogP) is 3.27. The number of thiazole rings is 1. The molecule has 0 N–H and O–H groups in total. The summed E-state index contributed by atoms with van der Waals surface area (Å²) in [5, 5.41) is 6.34. The molecule has 1 aliphatic carbocycles. The Morgan fingerprint density at radius 2 is 2.20 bits per heavy atom. The molecular weight excluding hydrogens is 332 g/mol. The summed E-state index contributed by atoms with van der Waals surface area (Å²) in [5.74, 6) is 0. The van der Waals surface area contributed by atoms with Gasteiger partial charge in [-0.3, -0.25) is 4.79 Å². The van der Waals surface area contributed by atoms with Crippen LogP contribution in [0.4, 0.5) is 0 Å². The van der Waals surface area contributed by atoms with Crippen molar-refractivity contribution in [1.29, 1.82) is 0 Å². The molecule has 0 aliphatic heterocycles. The van der Waals surface area contributed by atoms with Crippen molar-refractivity contribution in [3.63, 3.8) is 0 Å². The zero-order valence-electron chi connectivity index (χ0n) is 14.0. The van der Waals surface area contributed by atoms with E-state index in [0.29, 0.717) is 12.1 Å². The number of hydrogen-bond acceptors (Lipinski definition) is 4. The molecule has 0 fully saturated rings. The van der Waals surface area contributed by atoms with Gasteiger partial charge >= 0.3 is 0 Å². The molecule has 0 bridgehead atoms. The molecule has 25 heavy (non-hydrogen) atoms. The fourth-order valence-electron chi connectivity index (χ4n) is 3.68. The highest BCUT2D eigenvalue weighted by Gasteiger charge is 2.18. The summed E-state index contributed by atoms with van der Waals surface area (Å²) in [5.41, 5.74) is 5.16. The Balaban J connectivity index is 1.68. The Bertz CT molecular complexity index is 1240. The van der Waals surface area contributed by atoms with Gasteiger partial charge in [0.15, 0.2) is 5.65 Å². The van der Waals surface area contributed by atoms with E-state index in [1.165, 1.54) is 11.1 Å². The Morgan fingerprint density at radius 1 is 1.32 bits per heavy atom. The fourth-order valence-corrected chi connectivity index (χ4v) is 4.64. The van der Waals surface area contributed by atoms with Gasteiger partial charge < -0.3 is 4.57 Å². The number of nitrogens with zero attached hydrogens (tertiary/aromatic N) is 4. The third kappa shape index (κ3) is 2.04. The van der Waals surface area contributed by atoms with Crippen LogP contribution in [-0.2, 0) is 20.0 Å². The fraction of sp³-hybridized carbons (Fsp3) is 0.211. The largest absolute Gasteiger partial charge is 0.323 e. The number of hydrogen-bond donors (Lipinski definition) is 0. The molecule has 0 unspecified atom stereocenters. The van der Waals surface area contributed by atoms with Crippen LogP contribution in [0, 0.1) is 6.92 Å². The topological polar surface area (TPSA) is 52.7 Å². The van der Waals surface area contributed by atoms with Crippen LogP contribution in [0.5, 0.6) is 0 Å². The van der Waals surface area contributed by atoms with Gasteiger partial charge in [0.2, 0.25) is 0 Å². The summed E-state index contributed by atoms with van der Waals surface area (Å²) < 4.78 is 4.50. The molecule has 124 valence electrons. The predicted molar refractivity (Wildman–Crippen MR) is 101 cm³/mol. The van der Waals surface area contributed by atoms with Gasteiger partial charge in [0, 0.05) is 12.4 Å². The maximum Gasteiger partial charge on any atom is 0.291 e. The van der Waals surface area contributed by atoms with E-state index >= 15 is 0 Å². The van der Waals surface area contributed by atoms with Crippen molar-refractivity contribution < 1.29 is 0 Å². The zero-order chi connectivity index (χ0) is 17.1. The van der Waals surface area contributed by atoms with E-state index in [2.05, 4.69) is 34.4 Å². The van der Waals surface area contributed by atoms with E-state index in [-0.39, 0.29) is 5.56 Å². The van der Waals surface area contributed by atoms with Crippen LogP contribution in [0.25, 0.3) is 27.3 Å². The lowest BCUT2D eigenvalue weighted by Crippen LogP contribution is -2.25. The molecule has 3 aromatic heterocycles. The number of benzene rings is 1. The molecule has 1 aliphatic rings. The monoisotopic (exact) mass is 348 g/mol. The molecule has 1 aromatic carbocycles. The summed E-state index contributed by atoms with van der Waals surface area (Å²) in [7, 11) is 1.90. The first-order valence-corrected chi connectivity index (χ1v) is 9.04. The third-order valence-electron chi connectivity index (χ3n) is 4.88. The van der Waals surface area contributed by atoms with Crippen LogP contribution in [0.3, 0.4) is 0 Å². The lowest BCUT2D eigenvalue weighted by Gasteiger charge is -2.10. The van der Waals surface area contributed by atoms with Gasteiger partial charge in [-0.15, -0.1) is 11.3 Å². The van der Waals surface area contributed by atoms with Crippen molar-refractivity contribution in [2.75, 3.05) is 0 Å². The number of allylic oxidation sites excluding steroid dienone is 1. The lowest BCUT2D eigenvalue weighted by molar-refractivity contribution is 0.641. The minimum absolute atomic E-state index is 0.0635. The average Bonchev–Trinajstić information content (AvgIpc) is 3.27. The first-order chi connectivity index (χ1) is 12.1. The minimum atomic E-state index is -0.0635. The summed E-state index contributed by atoms with van der Waals surface area (Å²) in [6.45, 7) is 2.47. The lowest BCUT2D eigenvalue weighted by atomic mass is 10.0. The van der Waals surface area contributed by atoms with Gasteiger partial charge in [0.05, 0.1) is 22.4 Å². The third-order valence-corrected chi connectivity index (χ3v) is 5.87. The van der Waals surface area contributed by atoms with Gasteiger partial charge in [0.25, 0.3) is 5.56 Å². The SMILES string of the molecule is Cc1nc2c(s1)c1cnn(Cc3cccc4c3CC=C4)c(=O)c1n2C. The molecule has 0 atom stereocenters. The normalized spacial score (nSPS) is 13.2. The second-order valence-corrected chi connectivity index (χ2v) is 7.61. The van der Waals surface area contributed by atoms with Crippen LogP contribution < -0.4 is 5.56 Å². The van der Waals surface area contributed by atoms with Gasteiger partial charge in [-0.2, -0.15) is 5.10 Å². The summed E-state index contributed by atoms with van der Waals surface area (Å²) >= 11 is 1.61. The minimum Gasteiger partial charge on any atom is -0.323 e. The second-order valence-electron chi connectivity index (χ2n) is 6.41. The van der Waals surface area contributed by atoms with Gasteiger partial charge in [-0.1, -0.05) is 30.4 Å². The molecule has 0 saturated carbocycles. The maximum atomic E-state index is 13.0. The van der Waals surface area contributed by atoms with Gasteiger partial charge in [-0.25, -0.2) is 9.67 Å². The highest BCUT2D eigenvalue weighted by Crippen LogP contribution is 2.30. The van der Waals surface area contributed by atoms with E-state index < -0.39 is 0 Å². The van der Waals surface area contributed by atoms with Crippen molar-refractivity contribution >= 4 is 38.7 Å². The van der Waals surface area contributed by atoms with E-state index in [1.807, 2.05) is 24.6 Å². The summed E-state index contributed by atoms with van der Waals surface area (Å²) in [6.07, 6.45) is 7.02. The quantitative estimate of drug-likeness (QED) is 0.559. The first kappa shape index (κ1) is 14.6. The average molecular weight is 348 g/mol. The molecule has 0 amide bonds. The second kappa shape index (κ2) is 5.13. The Hall–Kier alpha value is -2.73. The molecule has 5 nitrogen and oxygen atoms in total. The van der Waals surface area contributed by atoms with Crippen molar-refractivity contribution in [2.24, 2.45) is 7.05 Å². The van der Waals surface area contributed by atoms with E-state index in [4.69, 9.17) is 0 Å². The van der Waals surface area contributed by atoms with Crippen molar-refractivity contribution in [2.45, 2.75) is 19.9 Å². The van der Waals surface area contributed by atoms with Crippen molar-refractivity contribution in [3.8, 4) is 0 Å². The van der Waals surface area contributed by atoms with E-state index in [9.17, 15) is 4.79 Å². The highest BCUT2D eigenvalue weighted by molar-refractivity contribution is 7.19. The Morgan fingerprint density at radius 3 is 3.08 bits per heavy atom. The molecule has 0 saturated heterocycles. The Kier molecular flexibility index (Phi) is 3.00. The van der Waals surface area contributed by atoms with E-state index in [1.54, 1.807) is 22.2 Å². The van der Waals surface area contributed by atoms with E-state index in [0.717, 1.165) is 32.7 Å². The zero-order valence-corrected chi connectivity index (χ0v) is 14.8. The number of fused-ring (bicyclic) bond motifs is 4. The smallest absolute Gasteiger partial charge is 0.291 e. The summed E-state index contributed by atoms with van der Waals surface area (Å²) in [4.78, 5) is 17.6. The first-order valence-electron chi connectivity index (χ1n) is 8.22. The van der Waals surface area contributed by atoms with Crippen LogP contribution >= 0.6 is 11.3 Å². The molecule has 0 spiro atoms. The van der Waals surface area contributed by atoms with Gasteiger partial charge in [-0.05, 0) is 30.0 Å². The van der Waals surface area contributed by atoms with Crippen LogP contribution in [0.15, 0.2) is 35.3 Å². The van der Waals surface area contributed by atoms with Crippen LogP contribution in [-0.4, -0.2) is 19.3 Å². The molecule has 0 radical (unpaired) electrons. The molecule has 5 rings (SSSR count). The number of rotatable bonds is 2. The van der Waals surface area contributed by atoms with Gasteiger partial charge in [0.1, 0.15) is 5.52 Å². The summed E-state index contributed by atoms with van der Waals surface area (Å²) in [6, 6.07) is 6.23. The van der Waals surface area contributed by atoms with Crippen molar-refractivity contribution in [1.82, 2.24) is 19.3 Å². The Labute approximate surface area is 147 Å². The molecule has 6 heteroatoms. The number of aromatic nitrogens is 4. The highest BCUT2D eigenvalue weighted by atomic mass is 32.1. The van der Waals surface area contributed by atoms with Crippen LogP contribution in [0.1, 0.15) is 21.7 Å². The number of aryl methyl sites for hydroxylation is 2. The molecule has 3 heterocycles. The standard InChI is InChI=1S/C19H16N4OS/c1-11-21-18-17(25-11)15-9-20-23(19(24)16(15)22(18)2)10-13-7-3-5-12-6-4-8-14(12)13/h3-7,9H,8,10H2,1-2H3.